The average molecular weight is 277 g/mol. The van der Waals surface area contributed by atoms with Crippen LogP contribution >= 0.6 is 0 Å². The molecular formula is C17H27NO2. The molecule has 0 spiro atoms. The first-order chi connectivity index (χ1) is 9.81. The molecular weight excluding hydrogens is 250 g/mol. The van der Waals surface area contributed by atoms with Crippen LogP contribution in [0.15, 0.2) is 18.2 Å². The van der Waals surface area contributed by atoms with Crippen molar-refractivity contribution in [2.75, 3.05) is 20.3 Å². The first-order valence-electron chi connectivity index (χ1n) is 7.76. The van der Waals surface area contributed by atoms with Crippen LogP contribution in [0.2, 0.25) is 0 Å². The summed E-state index contributed by atoms with van der Waals surface area (Å²) >= 11 is 0. The minimum atomic E-state index is 0.405. The molecule has 1 saturated carbocycles. The molecule has 1 fully saturated rings. The van der Waals surface area contributed by atoms with Crippen LogP contribution in [0.1, 0.15) is 43.2 Å². The zero-order chi connectivity index (χ0) is 14.2. The van der Waals surface area contributed by atoms with Crippen LogP contribution in [0.5, 0.6) is 5.75 Å². The molecule has 3 nitrogen and oxygen atoms in total. The molecule has 1 aromatic carbocycles. The van der Waals surface area contributed by atoms with Crippen molar-refractivity contribution in [3.63, 3.8) is 0 Å². The van der Waals surface area contributed by atoms with E-state index in [1.165, 1.54) is 43.2 Å². The Morgan fingerprint density at radius 2 is 2.00 bits per heavy atom. The third-order valence-electron chi connectivity index (χ3n) is 3.93. The molecule has 20 heavy (non-hydrogen) atoms. The molecule has 0 aliphatic heterocycles. The Morgan fingerprint density at radius 1 is 1.20 bits per heavy atom. The minimum Gasteiger partial charge on any atom is -0.490 e. The number of methoxy groups -OCH3 is 1. The Morgan fingerprint density at radius 3 is 2.75 bits per heavy atom. The second-order valence-electron chi connectivity index (χ2n) is 5.61. The van der Waals surface area contributed by atoms with Gasteiger partial charge in [0.2, 0.25) is 0 Å². The summed E-state index contributed by atoms with van der Waals surface area (Å²) in [5.74, 6) is 1.09. The van der Waals surface area contributed by atoms with Gasteiger partial charge in [0.15, 0.2) is 0 Å². The molecule has 1 N–H and O–H groups in total. The molecule has 1 aromatic rings. The zero-order valence-electron chi connectivity index (χ0n) is 12.8. The van der Waals surface area contributed by atoms with E-state index < -0.39 is 0 Å². The fourth-order valence-corrected chi connectivity index (χ4v) is 2.77. The van der Waals surface area contributed by atoms with Crippen molar-refractivity contribution in [3.8, 4) is 5.75 Å². The third kappa shape index (κ3) is 4.50. The van der Waals surface area contributed by atoms with E-state index in [1.54, 1.807) is 7.11 Å². The lowest BCUT2D eigenvalue weighted by Gasteiger charge is -2.25. The molecule has 112 valence electrons. The largest absolute Gasteiger partial charge is 0.490 e. The molecule has 0 unspecified atom stereocenters. The fraction of sp³-hybridized carbons (Fsp3) is 0.647. The minimum absolute atomic E-state index is 0.405. The zero-order valence-corrected chi connectivity index (χ0v) is 12.8. The van der Waals surface area contributed by atoms with E-state index in [0.717, 1.165) is 25.4 Å². The highest BCUT2D eigenvalue weighted by Crippen LogP contribution is 2.28. The van der Waals surface area contributed by atoms with Gasteiger partial charge in [0.25, 0.3) is 0 Å². The predicted octanol–water partition coefficient (Wildman–Crippen LogP) is 3.44. The van der Waals surface area contributed by atoms with E-state index in [4.69, 9.17) is 9.47 Å². The van der Waals surface area contributed by atoms with Crippen LogP contribution in [0.25, 0.3) is 0 Å². The second kappa shape index (κ2) is 8.28. The lowest BCUT2D eigenvalue weighted by molar-refractivity contribution is 0.152. The summed E-state index contributed by atoms with van der Waals surface area (Å²) in [6.07, 6.45) is 6.77. The van der Waals surface area contributed by atoms with Crippen LogP contribution < -0.4 is 10.1 Å². The normalized spacial score (nSPS) is 16.3. The monoisotopic (exact) mass is 277 g/mol. The highest BCUT2D eigenvalue weighted by Gasteiger charge is 2.17. The number of rotatable bonds is 7. The number of aryl methyl sites for hydroxylation is 1. The maximum absolute atomic E-state index is 6.30. The Kier molecular flexibility index (Phi) is 6.34. The fourth-order valence-electron chi connectivity index (χ4n) is 2.77. The molecule has 0 atom stereocenters. The first kappa shape index (κ1) is 15.3. The Hall–Kier alpha value is -1.06. The van der Waals surface area contributed by atoms with Gasteiger partial charge in [0, 0.05) is 25.8 Å². The highest BCUT2D eigenvalue weighted by atomic mass is 16.5. The van der Waals surface area contributed by atoms with Gasteiger partial charge >= 0.3 is 0 Å². The van der Waals surface area contributed by atoms with Crippen molar-refractivity contribution in [2.24, 2.45) is 0 Å². The van der Waals surface area contributed by atoms with E-state index >= 15 is 0 Å². The average Bonchev–Trinajstić information content (AvgIpc) is 2.48. The second-order valence-corrected chi connectivity index (χ2v) is 5.61. The molecule has 0 aromatic heterocycles. The van der Waals surface area contributed by atoms with Gasteiger partial charge in [-0.25, -0.2) is 0 Å². The number of benzene rings is 1. The third-order valence-corrected chi connectivity index (χ3v) is 3.93. The Labute approximate surface area is 122 Å². The summed E-state index contributed by atoms with van der Waals surface area (Å²) in [7, 11) is 1.73. The summed E-state index contributed by atoms with van der Waals surface area (Å²) in [6, 6.07) is 6.40. The summed E-state index contributed by atoms with van der Waals surface area (Å²) < 4.78 is 11.4. The maximum Gasteiger partial charge on any atom is 0.127 e. The quantitative estimate of drug-likeness (QED) is 0.774. The number of para-hydroxylation sites is 1. The lowest BCUT2D eigenvalue weighted by atomic mass is 9.97. The van der Waals surface area contributed by atoms with Crippen molar-refractivity contribution in [1.29, 1.82) is 0 Å². The van der Waals surface area contributed by atoms with Gasteiger partial charge in [-0.2, -0.15) is 0 Å². The van der Waals surface area contributed by atoms with E-state index in [-0.39, 0.29) is 0 Å². The summed E-state index contributed by atoms with van der Waals surface area (Å²) in [4.78, 5) is 0. The van der Waals surface area contributed by atoms with Crippen molar-refractivity contribution >= 4 is 0 Å². The van der Waals surface area contributed by atoms with Gasteiger partial charge in [-0.3, -0.25) is 0 Å². The van der Waals surface area contributed by atoms with Crippen LogP contribution in [0.3, 0.4) is 0 Å². The molecule has 0 saturated heterocycles. The van der Waals surface area contributed by atoms with Crippen LogP contribution in [-0.4, -0.2) is 26.4 Å². The molecule has 0 amide bonds. The van der Waals surface area contributed by atoms with Crippen LogP contribution in [0, 0.1) is 6.92 Å². The van der Waals surface area contributed by atoms with Crippen molar-refractivity contribution in [2.45, 2.75) is 51.7 Å². The molecule has 3 heteroatoms. The van der Waals surface area contributed by atoms with E-state index in [2.05, 4.69) is 30.4 Å². The number of hydrogen-bond acceptors (Lipinski definition) is 3. The Bertz CT molecular complexity index is 400. The lowest BCUT2D eigenvalue weighted by Crippen LogP contribution is -2.23. The SMILES string of the molecule is COCCNCc1cccc(C)c1OC1CCCCC1. The standard InChI is InChI=1S/C17H27NO2/c1-14-7-6-8-15(13-18-11-12-19-2)17(14)20-16-9-4-3-5-10-16/h6-8,16,18H,3-5,9-13H2,1-2H3. The molecule has 1 aliphatic carbocycles. The van der Waals surface area contributed by atoms with Gasteiger partial charge in [0.1, 0.15) is 5.75 Å². The van der Waals surface area contributed by atoms with Gasteiger partial charge in [-0.1, -0.05) is 24.6 Å². The first-order valence-corrected chi connectivity index (χ1v) is 7.76. The van der Waals surface area contributed by atoms with Gasteiger partial charge in [0.05, 0.1) is 12.7 Å². The topological polar surface area (TPSA) is 30.5 Å². The maximum atomic E-state index is 6.30. The van der Waals surface area contributed by atoms with Crippen molar-refractivity contribution < 1.29 is 9.47 Å². The number of ether oxygens (including phenoxy) is 2. The van der Waals surface area contributed by atoms with Gasteiger partial charge in [-0.15, -0.1) is 0 Å². The van der Waals surface area contributed by atoms with E-state index in [1.807, 2.05) is 0 Å². The van der Waals surface area contributed by atoms with Crippen LogP contribution in [0.4, 0.5) is 0 Å². The number of nitrogens with one attached hydrogen (secondary N) is 1. The van der Waals surface area contributed by atoms with E-state index in [0.29, 0.717) is 6.10 Å². The highest BCUT2D eigenvalue weighted by molar-refractivity contribution is 5.40. The Balaban J connectivity index is 1.97. The molecule has 1 aliphatic rings. The number of hydrogen-bond donors (Lipinski definition) is 1. The summed E-state index contributed by atoms with van der Waals surface area (Å²) in [5.41, 5.74) is 2.49. The molecule has 0 radical (unpaired) electrons. The molecule has 0 heterocycles. The molecule has 2 rings (SSSR count). The van der Waals surface area contributed by atoms with Gasteiger partial charge in [-0.05, 0) is 38.2 Å². The van der Waals surface area contributed by atoms with Crippen molar-refractivity contribution in [3.05, 3.63) is 29.3 Å². The predicted molar refractivity (Wildman–Crippen MR) is 82.3 cm³/mol. The van der Waals surface area contributed by atoms with E-state index in [9.17, 15) is 0 Å². The van der Waals surface area contributed by atoms with Gasteiger partial charge < -0.3 is 14.8 Å². The summed E-state index contributed by atoms with van der Waals surface area (Å²) in [5, 5.41) is 3.40. The van der Waals surface area contributed by atoms with Crippen LogP contribution in [-0.2, 0) is 11.3 Å². The molecule has 0 bridgehead atoms. The smallest absolute Gasteiger partial charge is 0.127 e. The summed E-state index contributed by atoms with van der Waals surface area (Å²) in [6.45, 7) is 4.59. The van der Waals surface area contributed by atoms with Crippen molar-refractivity contribution in [1.82, 2.24) is 5.32 Å².